The van der Waals surface area contributed by atoms with E-state index in [0.717, 1.165) is 50.0 Å². The standard InChI is InChI=1S/C27H24N2O2S2/c1-3-5-19(6-4-2)25-24(18-9-7-17(8-10-18)21-13-22(30)14-21)29-27(33-25)23-15-28-26(32-23)20-11-12-31-16-20/h1,4-12,15-16,21-22,27,29-30H,13-14H2,2H3/b6-4-,19-5+. The van der Waals surface area contributed by atoms with Crippen molar-refractivity contribution >= 4 is 28.8 Å². The topological polar surface area (TPSA) is 58.3 Å². The minimum atomic E-state index is -0.152. The minimum absolute atomic E-state index is 0.0426. The van der Waals surface area contributed by atoms with Crippen molar-refractivity contribution < 1.29 is 9.52 Å². The highest BCUT2D eigenvalue weighted by atomic mass is 32.2. The maximum Gasteiger partial charge on any atom is 0.126 e. The van der Waals surface area contributed by atoms with Crippen LogP contribution >= 0.6 is 23.1 Å². The maximum atomic E-state index is 9.64. The van der Waals surface area contributed by atoms with Crippen LogP contribution in [0, 0.1) is 12.3 Å². The van der Waals surface area contributed by atoms with E-state index in [9.17, 15) is 5.11 Å². The summed E-state index contributed by atoms with van der Waals surface area (Å²) < 4.78 is 5.22. The molecule has 166 valence electrons. The molecule has 1 unspecified atom stereocenters. The van der Waals surface area contributed by atoms with Crippen molar-refractivity contribution in [3.05, 3.63) is 93.8 Å². The van der Waals surface area contributed by atoms with Crippen LogP contribution in [0.3, 0.4) is 0 Å². The van der Waals surface area contributed by atoms with E-state index in [1.165, 1.54) is 5.56 Å². The van der Waals surface area contributed by atoms with Gasteiger partial charge in [0.05, 0.1) is 22.9 Å². The molecule has 1 atom stereocenters. The van der Waals surface area contributed by atoms with Gasteiger partial charge < -0.3 is 14.8 Å². The Morgan fingerprint density at radius 1 is 1.24 bits per heavy atom. The molecule has 1 saturated carbocycles. The monoisotopic (exact) mass is 472 g/mol. The number of aliphatic hydroxyl groups is 1. The molecule has 3 heterocycles. The fourth-order valence-corrected chi connectivity index (χ4v) is 6.40. The summed E-state index contributed by atoms with van der Waals surface area (Å²) in [7, 11) is 0. The Hall–Kier alpha value is -2.98. The molecular formula is C27H24N2O2S2. The van der Waals surface area contributed by atoms with Gasteiger partial charge in [0.15, 0.2) is 0 Å². The number of terminal acetylenes is 1. The SMILES string of the molecule is C#C/C=C(\C=C/C)C1=C(c2ccc(C3CC(O)C3)cc2)NC(c2cnc(-c3ccoc3)s2)S1. The van der Waals surface area contributed by atoms with E-state index in [4.69, 9.17) is 10.8 Å². The molecule has 0 radical (unpaired) electrons. The number of rotatable bonds is 6. The lowest BCUT2D eigenvalue weighted by Gasteiger charge is -2.31. The number of nitrogens with zero attached hydrogens (tertiary/aromatic N) is 1. The number of thioether (sulfide) groups is 1. The fraction of sp³-hybridized carbons (Fsp3) is 0.222. The van der Waals surface area contributed by atoms with Crippen molar-refractivity contribution in [2.45, 2.75) is 37.2 Å². The normalized spacial score (nSPS) is 22.9. The van der Waals surface area contributed by atoms with Crippen LogP contribution in [0.2, 0.25) is 0 Å². The Morgan fingerprint density at radius 3 is 2.73 bits per heavy atom. The molecule has 33 heavy (non-hydrogen) atoms. The maximum absolute atomic E-state index is 9.64. The molecule has 4 nitrogen and oxygen atoms in total. The van der Waals surface area contributed by atoms with E-state index in [1.807, 2.05) is 31.3 Å². The van der Waals surface area contributed by atoms with Crippen LogP contribution in [0.5, 0.6) is 0 Å². The lowest BCUT2D eigenvalue weighted by atomic mass is 9.77. The largest absolute Gasteiger partial charge is 0.472 e. The van der Waals surface area contributed by atoms with Gasteiger partial charge in [-0.05, 0) is 54.5 Å². The van der Waals surface area contributed by atoms with Gasteiger partial charge >= 0.3 is 0 Å². The molecule has 5 rings (SSSR count). The van der Waals surface area contributed by atoms with Gasteiger partial charge in [-0.2, -0.15) is 0 Å². The molecular weight excluding hydrogens is 448 g/mol. The van der Waals surface area contributed by atoms with Crippen LogP contribution < -0.4 is 5.32 Å². The third-order valence-corrected chi connectivity index (χ3v) is 8.46. The van der Waals surface area contributed by atoms with Gasteiger partial charge in [-0.1, -0.05) is 54.1 Å². The first-order valence-corrected chi connectivity index (χ1v) is 12.6. The molecule has 1 aliphatic carbocycles. The Balaban J connectivity index is 1.46. The molecule has 0 saturated heterocycles. The van der Waals surface area contributed by atoms with E-state index in [-0.39, 0.29) is 11.5 Å². The van der Waals surface area contributed by atoms with Gasteiger partial charge in [0.2, 0.25) is 0 Å². The molecule has 2 aromatic heterocycles. The summed E-state index contributed by atoms with van der Waals surface area (Å²) in [6.07, 6.45) is 18.4. The average Bonchev–Trinajstić information content (AvgIpc) is 3.57. The molecule has 0 amide bonds. The zero-order chi connectivity index (χ0) is 22.8. The average molecular weight is 473 g/mol. The van der Waals surface area contributed by atoms with E-state index in [0.29, 0.717) is 5.92 Å². The van der Waals surface area contributed by atoms with Crippen molar-refractivity contribution in [3.8, 4) is 22.9 Å². The molecule has 1 aromatic carbocycles. The number of allylic oxidation sites excluding steroid dienone is 4. The van der Waals surface area contributed by atoms with Gasteiger partial charge in [0, 0.05) is 16.7 Å². The predicted molar refractivity (Wildman–Crippen MR) is 136 cm³/mol. The molecule has 2 aliphatic rings. The molecule has 3 aromatic rings. The number of furan rings is 1. The number of aromatic nitrogens is 1. The van der Waals surface area contributed by atoms with E-state index < -0.39 is 0 Å². The lowest BCUT2D eigenvalue weighted by Crippen LogP contribution is -2.26. The van der Waals surface area contributed by atoms with Crippen molar-refractivity contribution in [2.24, 2.45) is 0 Å². The van der Waals surface area contributed by atoms with Gasteiger partial charge in [-0.15, -0.1) is 17.8 Å². The van der Waals surface area contributed by atoms with Crippen molar-refractivity contribution in [3.63, 3.8) is 0 Å². The summed E-state index contributed by atoms with van der Waals surface area (Å²) >= 11 is 3.42. The lowest BCUT2D eigenvalue weighted by molar-refractivity contribution is 0.0746. The summed E-state index contributed by atoms with van der Waals surface area (Å²) in [5, 5.41) is 14.3. The molecule has 1 aliphatic heterocycles. The Kier molecular flexibility index (Phi) is 6.28. The summed E-state index contributed by atoms with van der Waals surface area (Å²) in [6, 6.07) is 10.6. The second kappa shape index (κ2) is 9.48. The molecule has 0 spiro atoms. The van der Waals surface area contributed by atoms with Crippen molar-refractivity contribution in [1.82, 2.24) is 10.3 Å². The van der Waals surface area contributed by atoms with Gasteiger partial charge in [0.25, 0.3) is 0 Å². The molecule has 1 fully saturated rings. The quantitative estimate of drug-likeness (QED) is 0.318. The first-order valence-electron chi connectivity index (χ1n) is 10.9. The number of hydrogen-bond acceptors (Lipinski definition) is 6. The van der Waals surface area contributed by atoms with Gasteiger partial charge in [-0.3, -0.25) is 0 Å². The van der Waals surface area contributed by atoms with Gasteiger partial charge in [-0.25, -0.2) is 4.98 Å². The van der Waals surface area contributed by atoms with Crippen LogP contribution in [-0.4, -0.2) is 16.2 Å². The Labute approximate surface area is 202 Å². The van der Waals surface area contributed by atoms with E-state index >= 15 is 0 Å². The highest BCUT2D eigenvalue weighted by molar-refractivity contribution is 8.04. The first-order chi connectivity index (χ1) is 16.2. The number of hydrogen-bond donors (Lipinski definition) is 2. The second-order valence-electron chi connectivity index (χ2n) is 8.14. The number of nitrogens with one attached hydrogen (secondary N) is 1. The molecule has 2 N–H and O–H groups in total. The first kappa shape index (κ1) is 21.8. The van der Waals surface area contributed by atoms with Gasteiger partial charge in [0.1, 0.15) is 16.6 Å². The predicted octanol–water partition coefficient (Wildman–Crippen LogP) is 6.48. The smallest absolute Gasteiger partial charge is 0.126 e. The Morgan fingerprint density at radius 2 is 2.06 bits per heavy atom. The zero-order valence-corrected chi connectivity index (χ0v) is 19.8. The number of thiazole rings is 1. The van der Waals surface area contributed by atoms with Crippen molar-refractivity contribution in [2.75, 3.05) is 0 Å². The molecule has 6 heteroatoms. The summed E-state index contributed by atoms with van der Waals surface area (Å²) in [5.74, 6) is 3.15. The van der Waals surface area contributed by atoms with E-state index in [1.54, 1.807) is 35.6 Å². The summed E-state index contributed by atoms with van der Waals surface area (Å²) in [6.45, 7) is 2.00. The highest BCUT2D eigenvalue weighted by Gasteiger charge is 2.31. The number of benzene rings is 1. The summed E-state index contributed by atoms with van der Waals surface area (Å²) in [4.78, 5) is 6.87. The third-order valence-electron chi connectivity index (χ3n) is 5.92. The molecule has 0 bridgehead atoms. The van der Waals surface area contributed by atoms with Crippen LogP contribution in [0.1, 0.15) is 47.1 Å². The van der Waals surface area contributed by atoms with Crippen LogP contribution in [0.4, 0.5) is 0 Å². The van der Waals surface area contributed by atoms with E-state index in [2.05, 4.69) is 46.6 Å². The fourth-order valence-electron chi connectivity index (χ4n) is 4.13. The van der Waals surface area contributed by atoms with Crippen LogP contribution in [0.25, 0.3) is 16.3 Å². The number of aliphatic hydroxyl groups excluding tert-OH is 1. The van der Waals surface area contributed by atoms with Crippen molar-refractivity contribution in [1.29, 1.82) is 0 Å². The highest BCUT2D eigenvalue weighted by Crippen LogP contribution is 2.49. The van der Waals surface area contributed by atoms with Crippen LogP contribution in [-0.2, 0) is 0 Å². The zero-order valence-electron chi connectivity index (χ0n) is 18.2. The second-order valence-corrected chi connectivity index (χ2v) is 10.3. The van der Waals surface area contributed by atoms with Crippen LogP contribution in [0.15, 0.2) is 82.2 Å². The summed E-state index contributed by atoms with van der Waals surface area (Å²) in [5.41, 5.74) is 5.48. The third kappa shape index (κ3) is 4.45. The Bertz CT molecular complexity index is 1250. The minimum Gasteiger partial charge on any atom is -0.472 e.